The monoisotopic (exact) mass is 399 g/mol. The van der Waals surface area contributed by atoms with E-state index in [-0.39, 0.29) is 11.7 Å². The third-order valence-electron chi connectivity index (χ3n) is 2.65. The summed E-state index contributed by atoms with van der Waals surface area (Å²) in [5, 5.41) is 19.8. The van der Waals surface area contributed by atoms with Crippen molar-refractivity contribution in [1.82, 2.24) is 20.4 Å². The van der Waals surface area contributed by atoms with Crippen LogP contribution in [0.5, 0.6) is 0 Å². The molecule has 0 aliphatic heterocycles. The summed E-state index contributed by atoms with van der Waals surface area (Å²) in [5.41, 5.74) is 0.765. The topological polar surface area (TPSA) is 93.8 Å². The minimum atomic E-state index is -0.213. The van der Waals surface area contributed by atoms with Crippen molar-refractivity contribution in [2.75, 3.05) is 17.3 Å². The number of carbonyl (C=O) groups is 1. The molecule has 1 aromatic carbocycles. The van der Waals surface area contributed by atoms with Gasteiger partial charge >= 0.3 is 0 Å². The summed E-state index contributed by atoms with van der Waals surface area (Å²) < 4.78 is 6.31. The summed E-state index contributed by atoms with van der Waals surface area (Å²) in [6.45, 7) is 0. The molecule has 1 amide bonds. The van der Waals surface area contributed by atoms with E-state index < -0.39 is 0 Å². The van der Waals surface area contributed by atoms with Gasteiger partial charge in [-0.1, -0.05) is 46.5 Å². The molecule has 3 aromatic rings. The van der Waals surface area contributed by atoms with Crippen molar-refractivity contribution in [2.24, 2.45) is 0 Å². The van der Waals surface area contributed by atoms with E-state index in [4.69, 9.17) is 16.0 Å². The quantitative estimate of drug-likeness (QED) is 0.495. The maximum Gasteiger partial charge on any atom is 0.277 e. The summed E-state index contributed by atoms with van der Waals surface area (Å²) in [7, 11) is 0. The molecule has 11 heteroatoms. The van der Waals surface area contributed by atoms with Crippen LogP contribution in [-0.2, 0) is 4.79 Å². The molecule has 0 spiro atoms. The first kappa shape index (κ1) is 17.2. The van der Waals surface area contributed by atoms with Crippen molar-refractivity contribution < 1.29 is 9.21 Å². The average molecular weight is 400 g/mol. The van der Waals surface area contributed by atoms with Crippen LogP contribution in [0, 0.1) is 0 Å². The molecule has 0 bridgehead atoms. The number of nitrogens with zero attached hydrogens (tertiary/aromatic N) is 4. The summed E-state index contributed by atoms with van der Waals surface area (Å²) in [6, 6.07) is 7.06. The third kappa shape index (κ3) is 4.47. The van der Waals surface area contributed by atoms with Gasteiger partial charge in [0.15, 0.2) is 4.34 Å². The molecule has 1 N–H and O–H groups in total. The van der Waals surface area contributed by atoms with E-state index in [0.29, 0.717) is 21.3 Å². The first-order valence-electron chi connectivity index (χ1n) is 6.53. The number of hydrogen-bond acceptors (Lipinski definition) is 9. The minimum absolute atomic E-state index is 0.135. The maximum atomic E-state index is 11.9. The predicted octanol–water partition coefficient (Wildman–Crippen LogP) is 3.69. The number of benzene rings is 1. The molecule has 0 atom stereocenters. The molecule has 0 saturated carbocycles. The molecular weight excluding hydrogens is 390 g/mol. The smallest absolute Gasteiger partial charge is 0.277 e. The van der Waals surface area contributed by atoms with E-state index in [0.717, 1.165) is 21.7 Å². The van der Waals surface area contributed by atoms with Crippen LogP contribution < -0.4 is 5.32 Å². The second-order valence-corrected chi connectivity index (χ2v) is 7.69. The number of rotatable bonds is 6. The first-order chi connectivity index (χ1) is 11.6. The second kappa shape index (κ2) is 7.97. The van der Waals surface area contributed by atoms with Crippen LogP contribution in [0.4, 0.5) is 5.13 Å². The predicted molar refractivity (Wildman–Crippen MR) is 95.8 cm³/mol. The Morgan fingerprint density at radius 1 is 1.25 bits per heavy atom. The van der Waals surface area contributed by atoms with Crippen LogP contribution >= 0.6 is 46.5 Å². The Kier molecular flexibility index (Phi) is 5.72. The lowest BCUT2D eigenvalue weighted by atomic mass is 10.2. The highest BCUT2D eigenvalue weighted by molar-refractivity contribution is 8.00. The molecule has 2 heterocycles. The normalized spacial score (nSPS) is 10.8. The molecule has 0 radical (unpaired) electrons. The lowest BCUT2D eigenvalue weighted by Gasteiger charge is -1.98. The van der Waals surface area contributed by atoms with Gasteiger partial charge in [-0.25, -0.2) is 0 Å². The van der Waals surface area contributed by atoms with Crippen molar-refractivity contribution in [3.63, 3.8) is 0 Å². The zero-order chi connectivity index (χ0) is 16.9. The highest BCUT2D eigenvalue weighted by Gasteiger charge is 2.12. The van der Waals surface area contributed by atoms with Gasteiger partial charge in [-0.15, -0.1) is 20.4 Å². The fourth-order valence-corrected chi connectivity index (χ4v) is 3.48. The number of thioether (sulfide) groups is 2. The van der Waals surface area contributed by atoms with Gasteiger partial charge in [0.2, 0.25) is 16.9 Å². The molecule has 124 valence electrons. The van der Waals surface area contributed by atoms with E-state index >= 15 is 0 Å². The van der Waals surface area contributed by atoms with Crippen molar-refractivity contribution >= 4 is 57.5 Å². The zero-order valence-electron chi connectivity index (χ0n) is 12.2. The molecule has 2 aromatic heterocycles. The van der Waals surface area contributed by atoms with Crippen molar-refractivity contribution in [1.29, 1.82) is 0 Å². The van der Waals surface area contributed by atoms with Gasteiger partial charge in [0, 0.05) is 10.6 Å². The van der Waals surface area contributed by atoms with E-state index in [1.165, 1.54) is 23.1 Å². The fourth-order valence-electron chi connectivity index (χ4n) is 1.60. The van der Waals surface area contributed by atoms with Crippen molar-refractivity contribution in [2.45, 2.75) is 9.56 Å². The molecule has 24 heavy (non-hydrogen) atoms. The van der Waals surface area contributed by atoms with Gasteiger partial charge in [0.05, 0.1) is 5.75 Å². The number of anilines is 1. The lowest BCUT2D eigenvalue weighted by molar-refractivity contribution is -0.113. The summed E-state index contributed by atoms with van der Waals surface area (Å²) in [5.74, 6) is 0.300. The highest BCUT2D eigenvalue weighted by atomic mass is 35.5. The van der Waals surface area contributed by atoms with Crippen LogP contribution in [0.15, 0.2) is 38.2 Å². The van der Waals surface area contributed by atoms with Crippen LogP contribution in [0.1, 0.15) is 0 Å². The standard InChI is InChI=1S/C13H10ClN5O2S3/c1-22-13-19-17-11(24-13)15-9(20)6-23-12-18-16-10(21-12)7-2-4-8(14)5-3-7/h2-5H,6H2,1H3,(H,15,17,20). The van der Waals surface area contributed by atoms with E-state index in [1.54, 1.807) is 24.3 Å². The van der Waals surface area contributed by atoms with Crippen LogP contribution in [0.3, 0.4) is 0 Å². The largest absolute Gasteiger partial charge is 0.411 e. The molecule has 0 aliphatic carbocycles. The van der Waals surface area contributed by atoms with Gasteiger partial charge in [-0.05, 0) is 30.5 Å². The van der Waals surface area contributed by atoms with Crippen LogP contribution in [-0.4, -0.2) is 38.3 Å². The van der Waals surface area contributed by atoms with Gasteiger partial charge in [-0.3, -0.25) is 10.1 Å². The van der Waals surface area contributed by atoms with Crippen molar-refractivity contribution in [3.8, 4) is 11.5 Å². The number of carbonyl (C=O) groups excluding carboxylic acids is 1. The number of aromatic nitrogens is 4. The number of amides is 1. The minimum Gasteiger partial charge on any atom is -0.411 e. The molecule has 0 fully saturated rings. The Balaban J connectivity index is 1.55. The molecular formula is C13H10ClN5O2S3. The van der Waals surface area contributed by atoms with Crippen LogP contribution in [0.2, 0.25) is 5.02 Å². The molecule has 0 saturated heterocycles. The van der Waals surface area contributed by atoms with Gasteiger partial charge in [-0.2, -0.15) is 0 Å². The zero-order valence-corrected chi connectivity index (χ0v) is 15.4. The first-order valence-corrected chi connectivity index (χ1v) is 9.94. The summed E-state index contributed by atoms with van der Waals surface area (Å²) >= 11 is 9.79. The van der Waals surface area contributed by atoms with Gasteiger partial charge < -0.3 is 4.42 Å². The van der Waals surface area contributed by atoms with E-state index in [2.05, 4.69) is 25.7 Å². The number of hydrogen-bond donors (Lipinski definition) is 1. The average Bonchev–Trinajstić information content (AvgIpc) is 3.23. The van der Waals surface area contributed by atoms with Crippen LogP contribution in [0.25, 0.3) is 11.5 Å². The lowest BCUT2D eigenvalue weighted by Crippen LogP contribution is -2.13. The summed E-state index contributed by atoms with van der Waals surface area (Å²) in [4.78, 5) is 11.9. The molecule has 0 unspecified atom stereocenters. The SMILES string of the molecule is CSc1nnc(NC(=O)CSc2nnc(-c3ccc(Cl)cc3)o2)s1. The number of nitrogens with one attached hydrogen (secondary N) is 1. The van der Waals surface area contributed by atoms with E-state index in [9.17, 15) is 4.79 Å². The highest BCUT2D eigenvalue weighted by Crippen LogP contribution is 2.25. The molecule has 3 rings (SSSR count). The van der Waals surface area contributed by atoms with Crippen molar-refractivity contribution in [3.05, 3.63) is 29.3 Å². The Labute approximate surface area is 154 Å². The molecule has 0 aliphatic rings. The van der Waals surface area contributed by atoms with E-state index in [1.807, 2.05) is 6.26 Å². The number of halogens is 1. The maximum absolute atomic E-state index is 11.9. The Morgan fingerprint density at radius 2 is 2.04 bits per heavy atom. The summed E-state index contributed by atoms with van der Waals surface area (Å²) in [6.07, 6.45) is 1.90. The second-order valence-electron chi connectivity index (χ2n) is 4.29. The Hall–Kier alpha value is -1.62. The Bertz CT molecular complexity index is 836. The Morgan fingerprint density at radius 3 is 2.75 bits per heavy atom. The fraction of sp³-hybridized carbons (Fsp3) is 0.154. The van der Waals surface area contributed by atoms with Gasteiger partial charge in [0.1, 0.15) is 0 Å². The molecule has 7 nitrogen and oxygen atoms in total. The third-order valence-corrected chi connectivity index (χ3v) is 5.54. The van der Waals surface area contributed by atoms with Gasteiger partial charge in [0.25, 0.3) is 5.22 Å².